The van der Waals surface area contributed by atoms with Crippen LogP contribution in [0.2, 0.25) is 0 Å². The van der Waals surface area contributed by atoms with E-state index in [0.717, 1.165) is 31.5 Å². The highest BCUT2D eigenvalue weighted by atomic mass is 32.2. The molecule has 0 aromatic heterocycles. The Morgan fingerprint density at radius 1 is 1.07 bits per heavy atom. The average molecular weight is 387 g/mol. The zero-order chi connectivity index (χ0) is 19.0. The summed E-state index contributed by atoms with van der Waals surface area (Å²) in [5.74, 6) is 0.709. The predicted molar refractivity (Wildman–Crippen MR) is 105 cm³/mol. The lowest BCUT2D eigenvalue weighted by Crippen LogP contribution is -2.41. The largest absolute Gasteiger partial charge is 0.496 e. The molecule has 0 spiro atoms. The number of nitrogens with zero attached hydrogens (tertiary/aromatic N) is 2. The van der Waals surface area contributed by atoms with E-state index in [1.807, 2.05) is 6.92 Å². The number of benzene rings is 2. The van der Waals surface area contributed by atoms with Gasteiger partial charge in [-0.1, -0.05) is 24.3 Å². The molecule has 5 nitrogen and oxygen atoms in total. The maximum atomic E-state index is 13.1. The van der Waals surface area contributed by atoms with Gasteiger partial charge in [0.1, 0.15) is 5.75 Å². The molecule has 144 valence electrons. The Balaban J connectivity index is 1.48. The second-order valence-corrected chi connectivity index (χ2v) is 9.36. The van der Waals surface area contributed by atoms with Crippen LogP contribution in [0, 0.1) is 6.92 Å². The van der Waals surface area contributed by atoms with Gasteiger partial charge in [0.25, 0.3) is 0 Å². The highest BCUT2D eigenvalue weighted by molar-refractivity contribution is 7.89. The summed E-state index contributed by atoms with van der Waals surface area (Å²) in [7, 11) is -1.87. The summed E-state index contributed by atoms with van der Waals surface area (Å²) in [5, 5.41) is 0. The van der Waals surface area contributed by atoms with Crippen molar-refractivity contribution in [1.82, 2.24) is 9.21 Å². The van der Waals surface area contributed by atoms with E-state index >= 15 is 0 Å². The lowest BCUT2D eigenvalue weighted by molar-refractivity contribution is 0.185. The fraction of sp³-hybridized carbons (Fsp3) is 0.429. The Hall–Kier alpha value is -1.89. The molecular weight excluding hydrogens is 360 g/mol. The molecule has 1 atom stereocenters. The number of methoxy groups -OCH3 is 1. The van der Waals surface area contributed by atoms with Gasteiger partial charge in [-0.05, 0) is 54.7 Å². The van der Waals surface area contributed by atoms with Crippen LogP contribution in [0.15, 0.2) is 47.4 Å². The maximum Gasteiger partial charge on any atom is 0.243 e. The lowest BCUT2D eigenvalue weighted by atomic mass is 9.98. The molecule has 1 saturated heterocycles. The zero-order valence-electron chi connectivity index (χ0n) is 15.9. The monoisotopic (exact) mass is 386 g/mol. The summed E-state index contributed by atoms with van der Waals surface area (Å²) in [4.78, 5) is 2.79. The summed E-state index contributed by atoms with van der Waals surface area (Å²) >= 11 is 0. The molecule has 0 N–H and O–H groups in total. The molecule has 2 aromatic rings. The van der Waals surface area contributed by atoms with Crippen LogP contribution >= 0.6 is 0 Å². The summed E-state index contributed by atoms with van der Waals surface area (Å²) in [5.41, 5.74) is 3.63. The zero-order valence-corrected chi connectivity index (χ0v) is 16.7. The minimum Gasteiger partial charge on any atom is -0.496 e. The quantitative estimate of drug-likeness (QED) is 0.811. The van der Waals surface area contributed by atoms with Gasteiger partial charge in [-0.3, -0.25) is 4.90 Å². The van der Waals surface area contributed by atoms with E-state index in [1.54, 1.807) is 29.6 Å². The number of sulfonamides is 1. The second kappa shape index (κ2) is 7.26. The van der Waals surface area contributed by atoms with Crippen molar-refractivity contribution in [1.29, 1.82) is 0 Å². The van der Waals surface area contributed by atoms with Crippen LogP contribution in [0.5, 0.6) is 5.75 Å². The van der Waals surface area contributed by atoms with Crippen LogP contribution in [-0.4, -0.2) is 50.4 Å². The highest BCUT2D eigenvalue weighted by Gasteiger charge is 2.36. The molecule has 27 heavy (non-hydrogen) atoms. The van der Waals surface area contributed by atoms with Gasteiger partial charge in [-0.2, -0.15) is 4.31 Å². The van der Waals surface area contributed by atoms with E-state index in [4.69, 9.17) is 4.74 Å². The van der Waals surface area contributed by atoms with Crippen molar-refractivity contribution >= 4 is 10.0 Å². The van der Waals surface area contributed by atoms with Crippen molar-refractivity contribution in [2.75, 3.05) is 26.7 Å². The molecule has 0 bridgehead atoms. The van der Waals surface area contributed by atoms with Crippen molar-refractivity contribution in [2.45, 2.75) is 37.2 Å². The minimum atomic E-state index is -3.47. The van der Waals surface area contributed by atoms with Crippen LogP contribution in [0.1, 0.15) is 23.1 Å². The molecule has 0 amide bonds. The van der Waals surface area contributed by atoms with E-state index < -0.39 is 10.0 Å². The molecule has 4 rings (SSSR count). The van der Waals surface area contributed by atoms with Crippen LogP contribution < -0.4 is 4.74 Å². The maximum absolute atomic E-state index is 13.1. The Bertz CT molecular complexity index is 942. The summed E-state index contributed by atoms with van der Waals surface area (Å²) in [6.45, 7) is 4.93. The molecule has 2 aromatic carbocycles. The molecule has 2 aliphatic rings. The van der Waals surface area contributed by atoms with Crippen molar-refractivity contribution < 1.29 is 13.2 Å². The van der Waals surface area contributed by atoms with Crippen molar-refractivity contribution in [3.05, 3.63) is 59.2 Å². The molecule has 1 fully saturated rings. The number of rotatable bonds is 4. The summed E-state index contributed by atoms with van der Waals surface area (Å²) in [6, 6.07) is 13.9. The van der Waals surface area contributed by atoms with Gasteiger partial charge in [0, 0.05) is 32.2 Å². The standard InChI is InChI=1S/C21H26N2O3S/c1-16-13-20(7-8-21(16)26-2)27(24,25)23-12-10-19(15-23)22-11-9-17-5-3-4-6-18(17)14-22/h3-8,13,19H,9-12,14-15H2,1-2H3. The van der Waals surface area contributed by atoms with Crippen molar-refractivity contribution in [3.63, 3.8) is 0 Å². The first-order valence-corrected chi connectivity index (χ1v) is 10.9. The van der Waals surface area contributed by atoms with Gasteiger partial charge >= 0.3 is 0 Å². The van der Waals surface area contributed by atoms with E-state index in [9.17, 15) is 8.42 Å². The third kappa shape index (κ3) is 3.49. The SMILES string of the molecule is COc1ccc(S(=O)(=O)N2CCC(N3CCc4ccccc4C3)C2)cc1C. The molecule has 0 saturated carbocycles. The normalized spacial score (nSPS) is 21.2. The van der Waals surface area contributed by atoms with Crippen LogP contribution in [0.4, 0.5) is 0 Å². The van der Waals surface area contributed by atoms with E-state index in [-0.39, 0.29) is 6.04 Å². The molecule has 2 heterocycles. The molecular formula is C21H26N2O3S. The molecule has 1 unspecified atom stereocenters. The van der Waals surface area contributed by atoms with Gasteiger partial charge in [0.2, 0.25) is 10.0 Å². The van der Waals surface area contributed by atoms with Crippen LogP contribution in [-0.2, 0) is 23.0 Å². The Morgan fingerprint density at radius 2 is 1.85 bits per heavy atom. The van der Waals surface area contributed by atoms with Crippen LogP contribution in [0.25, 0.3) is 0 Å². The topological polar surface area (TPSA) is 49.9 Å². The summed E-state index contributed by atoms with van der Waals surface area (Å²) in [6.07, 6.45) is 1.92. The van der Waals surface area contributed by atoms with Gasteiger partial charge < -0.3 is 4.74 Å². The molecule has 0 radical (unpaired) electrons. The van der Waals surface area contributed by atoms with Crippen LogP contribution in [0.3, 0.4) is 0 Å². The van der Waals surface area contributed by atoms with E-state index in [2.05, 4.69) is 29.2 Å². The fourth-order valence-electron chi connectivity index (χ4n) is 4.22. The Kier molecular flexibility index (Phi) is 4.97. The first kappa shape index (κ1) is 18.5. The number of aryl methyl sites for hydroxylation is 1. The number of hydrogen-bond acceptors (Lipinski definition) is 4. The lowest BCUT2D eigenvalue weighted by Gasteiger charge is -2.33. The number of ether oxygens (including phenoxy) is 1. The Morgan fingerprint density at radius 3 is 2.59 bits per heavy atom. The summed E-state index contributed by atoms with van der Waals surface area (Å²) < 4.78 is 33.0. The molecule has 6 heteroatoms. The number of hydrogen-bond donors (Lipinski definition) is 0. The van der Waals surface area contributed by atoms with E-state index in [0.29, 0.717) is 23.7 Å². The smallest absolute Gasteiger partial charge is 0.243 e. The van der Waals surface area contributed by atoms with Crippen molar-refractivity contribution in [2.24, 2.45) is 0 Å². The Labute approximate surface area is 161 Å². The van der Waals surface area contributed by atoms with E-state index in [1.165, 1.54) is 11.1 Å². The fourth-order valence-corrected chi connectivity index (χ4v) is 5.79. The minimum absolute atomic E-state index is 0.285. The third-order valence-corrected chi connectivity index (χ3v) is 7.67. The third-order valence-electron chi connectivity index (χ3n) is 5.81. The second-order valence-electron chi connectivity index (χ2n) is 7.43. The first-order chi connectivity index (χ1) is 13.0. The average Bonchev–Trinajstić information content (AvgIpc) is 3.18. The van der Waals surface area contributed by atoms with Gasteiger partial charge in [0.05, 0.1) is 12.0 Å². The molecule has 0 aliphatic carbocycles. The highest BCUT2D eigenvalue weighted by Crippen LogP contribution is 2.29. The number of fused-ring (bicyclic) bond motifs is 1. The van der Waals surface area contributed by atoms with Gasteiger partial charge in [0.15, 0.2) is 0 Å². The predicted octanol–water partition coefficient (Wildman–Crippen LogP) is 2.82. The van der Waals surface area contributed by atoms with Gasteiger partial charge in [-0.15, -0.1) is 0 Å². The van der Waals surface area contributed by atoms with Gasteiger partial charge in [-0.25, -0.2) is 8.42 Å². The molecule has 2 aliphatic heterocycles. The van der Waals surface area contributed by atoms with Crippen molar-refractivity contribution in [3.8, 4) is 5.75 Å². The first-order valence-electron chi connectivity index (χ1n) is 9.44.